The maximum absolute atomic E-state index is 11.4. The third kappa shape index (κ3) is 1.95. The van der Waals surface area contributed by atoms with E-state index in [1.54, 1.807) is 0 Å². The summed E-state index contributed by atoms with van der Waals surface area (Å²) in [6.07, 6.45) is 1.28. The summed E-state index contributed by atoms with van der Waals surface area (Å²) < 4.78 is -1.30. The molecule has 2 heterocycles. The minimum absolute atomic E-state index is 0.628. The highest BCUT2D eigenvalue weighted by atomic mass is 79.9. The molecule has 0 fully saturated rings. The third-order valence-corrected chi connectivity index (χ3v) is 6.87. The lowest BCUT2D eigenvalue weighted by molar-refractivity contribution is -0.159. The monoisotopic (exact) mass is 412 g/mol. The summed E-state index contributed by atoms with van der Waals surface area (Å²) >= 11 is 8.89. The van der Waals surface area contributed by atoms with E-state index in [2.05, 4.69) is 31.9 Å². The van der Waals surface area contributed by atoms with Gasteiger partial charge >= 0.3 is 11.9 Å². The van der Waals surface area contributed by atoms with Crippen LogP contribution in [-0.2, 0) is 9.59 Å². The Hall–Kier alpha value is -0.310. The van der Waals surface area contributed by atoms with Gasteiger partial charge in [0.2, 0.25) is 5.41 Å². The SMILES string of the molecule is O=C(O)C1(C(=O)O)C=C(c2cccs2)SC1(Br)Br. The topological polar surface area (TPSA) is 74.6 Å². The number of carboxylic acids is 2. The molecule has 0 spiro atoms. The second-order valence-corrected chi connectivity index (χ2v) is 10.2. The molecule has 0 aliphatic carbocycles. The lowest BCUT2D eigenvalue weighted by Gasteiger charge is -2.28. The van der Waals surface area contributed by atoms with E-state index in [0.717, 1.165) is 16.6 Å². The van der Waals surface area contributed by atoms with Crippen LogP contribution in [0.5, 0.6) is 0 Å². The summed E-state index contributed by atoms with van der Waals surface area (Å²) in [7, 11) is 0. The van der Waals surface area contributed by atoms with Crippen LogP contribution in [-0.4, -0.2) is 24.7 Å². The molecule has 18 heavy (non-hydrogen) atoms. The van der Waals surface area contributed by atoms with Crippen molar-refractivity contribution in [2.24, 2.45) is 5.41 Å². The molecule has 0 atom stereocenters. The van der Waals surface area contributed by atoms with Crippen molar-refractivity contribution in [2.75, 3.05) is 0 Å². The van der Waals surface area contributed by atoms with Gasteiger partial charge < -0.3 is 10.2 Å². The molecule has 2 rings (SSSR count). The summed E-state index contributed by atoms with van der Waals surface area (Å²) in [5.41, 5.74) is -2.04. The molecule has 1 aromatic rings. The number of carbonyl (C=O) groups is 2. The van der Waals surface area contributed by atoms with Crippen molar-refractivity contribution in [3.05, 3.63) is 28.5 Å². The lowest BCUT2D eigenvalue weighted by Crippen LogP contribution is -2.46. The van der Waals surface area contributed by atoms with Gasteiger partial charge in [0.25, 0.3) is 0 Å². The smallest absolute Gasteiger partial charge is 0.328 e. The zero-order chi connectivity index (χ0) is 13.6. The number of hydrogen-bond acceptors (Lipinski definition) is 4. The number of hydrogen-bond donors (Lipinski definition) is 2. The van der Waals surface area contributed by atoms with Crippen LogP contribution in [0.1, 0.15) is 4.88 Å². The van der Waals surface area contributed by atoms with Crippen molar-refractivity contribution in [3.8, 4) is 0 Å². The van der Waals surface area contributed by atoms with Crippen molar-refractivity contribution in [2.45, 2.75) is 2.57 Å². The Morgan fingerprint density at radius 2 is 1.83 bits per heavy atom. The molecule has 4 nitrogen and oxygen atoms in total. The van der Waals surface area contributed by atoms with Gasteiger partial charge in [0.05, 0.1) is 0 Å². The predicted molar refractivity (Wildman–Crippen MR) is 78.2 cm³/mol. The van der Waals surface area contributed by atoms with Crippen LogP contribution >= 0.6 is 55.0 Å². The molecule has 1 aromatic heterocycles. The van der Waals surface area contributed by atoms with E-state index in [-0.39, 0.29) is 0 Å². The molecular weight excluding hydrogens is 408 g/mol. The van der Waals surface area contributed by atoms with E-state index in [1.165, 1.54) is 17.4 Å². The molecule has 96 valence electrons. The van der Waals surface area contributed by atoms with E-state index in [0.29, 0.717) is 4.91 Å². The van der Waals surface area contributed by atoms with Gasteiger partial charge in [0, 0.05) is 9.78 Å². The third-order valence-electron chi connectivity index (χ3n) is 2.48. The second kappa shape index (κ2) is 4.66. The van der Waals surface area contributed by atoms with Crippen molar-refractivity contribution in [3.63, 3.8) is 0 Å². The molecule has 0 unspecified atom stereocenters. The number of halogens is 2. The number of carboxylic acid groups (broad SMARTS) is 2. The standard InChI is InChI=1S/C10H6Br2O4S2/c11-10(12)9(7(13)14,8(15)16)4-6(18-10)5-2-1-3-17-5/h1-4H,(H,13,14)(H,15,16). The molecule has 1 aliphatic heterocycles. The van der Waals surface area contributed by atoms with E-state index >= 15 is 0 Å². The zero-order valence-corrected chi connectivity index (χ0v) is 13.4. The number of aliphatic carboxylic acids is 2. The van der Waals surface area contributed by atoms with Gasteiger partial charge in [-0.15, -0.1) is 11.3 Å². The molecular formula is C10H6Br2O4S2. The van der Waals surface area contributed by atoms with Crippen molar-refractivity contribution >= 4 is 71.8 Å². The van der Waals surface area contributed by atoms with E-state index < -0.39 is 19.9 Å². The highest BCUT2D eigenvalue weighted by molar-refractivity contribution is 9.28. The first kappa shape index (κ1) is 14.1. The minimum Gasteiger partial charge on any atom is -0.480 e. The first-order valence-corrected chi connectivity index (χ1v) is 7.90. The largest absolute Gasteiger partial charge is 0.480 e. The first-order chi connectivity index (χ1) is 8.31. The van der Waals surface area contributed by atoms with Gasteiger partial charge in [-0.1, -0.05) is 49.7 Å². The van der Waals surface area contributed by atoms with Crippen LogP contribution in [0.15, 0.2) is 23.6 Å². The Bertz CT molecular complexity index is 522. The number of alkyl halides is 2. The molecule has 0 saturated heterocycles. The highest BCUT2D eigenvalue weighted by Crippen LogP contribution is 2.64. The fraction of sp³-hybridized carbons (Fsp3) is 0.200. The van der Waals surface area contributed by atoms with Crippen molar-refractivity contribution in [1.82, 2.24) is 0 Å². The normalized spacial score (nSPS) is 20.4. The maximum atomic E-state index is 11.4. The van der Waals surface area contributed by atoms with Crippen LogP contribution < -0.4 is 0 Å². The van der Waals surface area contributed by atoms with E-state index in [4.69, 9.17) is 0 Å². The number of thioether (sulfide) groups is 1. The summed E-state index contributed by atoms with van der Waals surface area (Å²) in [4.78, 5) is 24.3. The summed E-state index contributed by atoms with van der Waals surface area (Å²) in [6, 6.07) is 3.65. The molecule has 0 radical (unpaired) electrons. The Balaban J connectivity index is 2.58. The predicted octanol–water partition coefficient (Wildman–Crippen LogP) is 3.44. The second-order valence-electron chi connectivity index (χ2n) is 3.52. The molecule has 2 N–H and O–H groups in total. The van der Waals surface area contributed by atoms with E-state index in [9.17, 15) is 19.8 Å². The molecule has 0 saturated carbocycles. The van der Waals surface area contributed by atoms with Gasteiger partial charge in [0.1, 0.15) is 0 Å². The van der Waals surface area contributed by atoms with Gasteiger partial charge in [-0.3, -0.25) is 9.59 Å². The summed E-state index contributed by atoms with van der Waals surface area (Å²) in [5.74, 6) is -2.83. The minimum atomic E-state index is -2.04. The summed E-state index contributed by atoms with van der Waals surface area (Å²) in [5, 5.41) is 20.4. The highest BCUT2D eigenvalue weighted by Gasteiger charge is 2.64. The molecule has 8 heteroatoms. The van der Waals surface area contributed by atoms with E-state index in [1.807, 2.05) is 17.5 Å². The Kier molecular flexibility index (Phi) is 3.65. The lowest BCUT2D eigenvalue weighted by atomic mass is 9.90. The number of thiophene rings is 1. The van der Waals surface area contributed by atoms with Crippen molar-refractivity contribution in [1.29, 1.82) is 0 Å². The molecule has 0 aromatic carbocycles. The van der Waals surface area contributed by atoms with Gasteiger partial charge in [0.15, 0.2) is 2.57 Å². The quantitative estimate of drug-likeness (QED) is 0.586. The Morgan fingerprint density at radius 3 is 2.22 bits per heavy atom. The molecule has 0 amide bonds. The first-order valence-electron chi connectivity index (χ1n) is 4.61. The maximum Gasteiger partial charge on any atom is 0.328 e. The average Bonchev–Trinajstić information content (AvgIpc) is 2.82. The zero-order valence-electron chi connectivity index (χ0n) is 8.59. The number of rotatable bonds is 3. The van der Waals surface area contributed by atoms with Crippen LogP contribution in [0.4, 0.5) is 0 Å². The van der Waals surface area contributed by atoms with Gasteiger partial charge in [-0.05, 0) is 17.5 Å². The van der Waals surface area contributed by atoms with Crippen LogP contribution in [0.3, 0.4) is 0 Å². The fourth-order valence-electron chi connectivity index (χ4n) is 1.53. The molecule has 0 bridgehead atoms. The average molecular weight is 414 g/mol. The fourth-order valence-corrected chi connectivity index (χ4v) is 5.47. The van der Waals surface area contributed by atoms with Crippen LogP contribution in [0.25, 0.3) is 4.91 Å². The van der Waals surface area contributed by atoms with Gasteiger partial charge in [-0.2, -0.15) is 0 Å². The van der Waals surface area contributed by atoms with Crippen LogP contribution in [0, 0.1) is 5.41 Å². The van der Waals surface area contributed by atoms with Gasteiger partial charge in [-0.25, -0.2) is 0 Å². The Morgan fingerprint density at radius 1 is 1.22 bits per heavy atom. The molecule has 1 aliphatic rings. The van der Waals surface area contributed by atoms with Crippen LogP contribution in [0.2, 0.25) is 0 Å². The Labute approximate surface area is 127 Å². The summed E-state index contributed by atoms with van der Waals surface area (Å²) in [6.45, 7) is 0. The van der Waals surface area contributed by atoms with Crippen molar-refractivity contribution < 1.29 is 19.8 Å².